The van der Waals surface area contributed by atoms with E-state index in [1.165, 1.54) is 10.3 Å². The molecule has 2 aromatic carbocycles. The lowest BCUT2D eigenvalue weighted by Crippen LogP contribution is -2.48. The van der Waals surface area contributed by atoms with Gasteiger partial charge in [0.15, 0.2) is 5.13 Å². The van der Waals surface area contributed by atoms with Gasteiger partial charge in [-0.1, -0.05) is 59.3 Å². The van der Waals surface area contributed by atoms with Crippen molar-refractivity contribution in [1.82, 2.24) is 9.88 Å². The zero-order chi connectivity index (χ0) is 19.0. The third-order valence-electron chi connectivity index (χ3n) is 4.97. The Balaban J connectivity index is 1.49. The summed E-state index contributed by atoms with van der Waals surface area (Å²) in [5.41, 5.74) is 3.16. The first-order chi connectivity index (χ1) is 13.0. The molecule has 4 nitrogen and oxygen atoms in total. The molecule has 6 heteroatoms. The molecule has 4 rings (SSSR count). The van der Waals surface area contributed by atoms with Crippen LogP contribution in [0.4, 0.5) is 5.13 Å². The van der Waals surface area contributed by atoms with Crippen LogP contribution in [-0.2, 0) is 0 Å². The summed E-state index contributed by atoms with van der Waals surface area (Å²) < 4.78 is 2.17. The van der Waals surface area contributed by atoms with Crippen LogP contribution < -0.4 is 4.90 Å². The van der Waals surface area contributed by atoms with Crippen LogP contribution in [0.2, 0.25) is 0 Å². The number of halogens is 1. The second kappa shape index (κ2) is 7.60. The number of amides is 1. The lowest BCUT2D eigenvalue weighted by Gasteiger charge is -2.34. The summed E-state index contributed by atoms with van der Waals surface area (Å²) in [6.45, 7) is 7.49. The minimum absolute atomic E-state index is 0.0994. The average Bonchev–Trinajstić information content (AvgIpc) is 3.11. The van der Waals surface area contributed by atoms with Crippen LogP contribution in [-0.4, -0.2) is 42.0 Å². The quantitative estimate of drug-likeness (QED) is 0.561. The molecule has 27 heavy (non-hydrogen) atoms. The van der Waals surface area contributed by atoms with Gasteiger partial charge in [0, 0.05) is 36.2 Å². The zero-order valence-electron chi connectivity index (χ0n) is 15.5. The number of benzene rings is 2. The Bertz CT molecular complexity index is 976. The summed E-state index contributed by atoms with van der Waals surface area (Å²) in [5, 5.41) is 1.06. The zero-order valence-corrected chi connectivity index (χ0v) is 17.9. The summed E-state index contributed by atoms with van der Waals surface area (Å²) in [6, 6.07) is 14.0. The number of nitrogens with zero attached hydrogens (tertiary/aromatic N) is 3. The highest BCUT2D eigenvalue weighted by molar-refractivity contribution is 9.10. The minimum atomic E-state index is 0.0994. The van der Waals surface area contributed by atoms with Gasteiger partial charge in [-0.25, -0.2) is 4.98 Å². The Kier molecular flexibility index (Phi) is 5.19. The van der Waals surface area contributed by atoms with Gasteiger partial charge in [-0.3, -0.25) is 4.79 Å². The fourth-order valence-electron chi connectivity index (χ4n) is 3.46. The standard InChI is InChI=1S/C21H22BrN3OS/c1-14(2)17-7-4-8-18-19(17)23-21(27-18)25-11-9-24(10-12-25)20(26)15-5-3-6-16(22)13-15/h3-8,13-14H,9-12H2,1-2H3. The minimum Gasteiger partial charge on any atom is -0.345 e. The van der Waals surface area contributed by atoms with Crippen LogP contribution in [0.25, 0.3) is 10.2 Å². The molecule has 1 aliphatic rings. The van der Waals surface area contributed by atoms with Crippen molar-refractivity contribution in [3.8, 4) is 0 Å². The van der Waals surface area contributed by atoms with Gasteiger partial charge >= 0.3 is 0 Å². The number of anilines is 1. The van der Waals surface area contributed by atoms with Crippen LogP contribution in [0, 0.1) is 0 Å². The first-order valence-electron chi connectivity index (χ1n) is 9.22. The number of fused-ring (bicyclic) bond motifs is 1. The maximum atomic E-state index is 12.7. The van der Waals surface area contributed by atoms with Crippen molar-refractivity contribution in [2.24, 2.45) is 0 Å². The van der Waals surface area contributed by atoms with E-state index in [-0.39, 0.29) is 5.91 Å². The lowest BCUT2D eigenvalue weighted by atomic mass is 10.0. The van der Waals surface area contributed by atoms with E-state index in [9.17, 15) is 4.79 Å². The van der Waals surface area contributed by atoms with E-state index < -0.39 is 0 Å². The predicted octanol–water partition coefficient (Wildman–Crippen LogP) is 5.14. The van der Waals surface area contributed by atoms with Crippen molar-refractivity contribution in [3.63, 3.8) is 0 Å². The molecule has 0 spiro atoms. The number of thiazole rings is 1. The molecule has 1 aromatic heterocycles. The highest BCUT2D eigenvalue weighted by Gasteiger charge is 2.24. The van der Waals surface area contributed by atoms with E-state index in [0.717, 1.165) is 46.9 Å². The van der Waals surface area contributed by atoms with Crippen LogP contribution >= 0.6 is 27.3 Å². The summed E-state index contributed by atoms with van der Waals surface area (Å²) in [6.07, 6.45) is 0. The summed E-state index contributed by atoms with van der Waals surface area (Å²) >= 11 is 5.19. The summed E-state index contributed by atoms with van der Waals surface area (Å²) in [4.78, 5) is 21.9. The maximum Gasteiger partial charge on any atom is 0.254 e. The SMILES string of the molecule is CC(C)c1cccc2sc(N3CCN(C(=O)c4cccc(Br)c4)CC3)nc12. The molecule has 3 aromatic rings. The fourth-order valence-corrected chi connectivity index (χ4v) is 4.92. The van der Waals surface area contributed by atoms with Gasteiger partial charge in [0.1, 0.15) is 0 Å². The number of aromatic nitrogens is 1. The molecular formula is C21H22BrN3OS. The molecule has 1 fully saturated rings. The topological polar surface area (TPSA) is 36.4 Å². The second-order valence-electron chi connectivity index (χ2n) is 7.13. The van der Waals surface area contributed by atoms with Gasteiger partial charge in [0.25, 0.3) is 5.91 Å². The third-order valence-corrected chi connectivity index (χ3v) is 6.54. The number of carbonyl (C=O) groups is 1. The number of hydrogen-bond donors (Lipinski definition) is 0. The monoisotopic (exact) mass is 443 g/mol. The van der Waals surface area contributed by atoms with Crippen LogP contribution in [0.5, 0.6) is 0 Å². The smallest absolute Gasteiger partial charge is 0.254 e. The number of rotatable bonds is 3. The first kappa shape index (κ1) is 18.4. The Labute approximate surface area is 171 Å². The largest absolute Gasteiger partial charge is 0.345 e. The van der Waals surface area contributed by atoms with Crippen LogP contribution in [0.3, 0.4) is 0 Å². The highest BCUT2D eigenvalue weighted by Crippen LogP contribution is 2.33. The number of hydrogen-bond acceptors (Lipinski definition) is 4. The second-order valence-corrected chi connectivity index (χ2v) is 9.06. The molecule has 0 aliphatic carbocycles. The van der Waals surface area contributed by atoms with Gasteiger partial charge in [-0.05, 0) is 35.7 Å². The molecule has 0 radical (unpaired) electrons. The van der Waals surface area contributed by atoms with E-state index >= 15 is 0 Å². The molecule has 0 N–H and O–H groups in total. The highest BCUT2D eigenvalue weighted by atomic mass is 79.9. The Morgan fingerprint density at radius 1 is 1.11 bits per heavy atom. The summed E-state index contributed by atoms with van der Waals surface area (Å²) in [5.74, 6) is 0.561. The van der Waals surface area contributed by atoms with Gasteiger partial charge < -0.3 is 9.80 Å². The van der Waals surface area contributed by atoms with E-state index in [1.54, 1.807) is 11.3 Å². The van der Waals surface area contributed by atoms with Crippen LogP contribution in [0.15, 0.2) is 46.9 Å². The van der Waals surface area contributed by atoms with Crippen molar-refractivity contribution < 1.29 is 4.79 Å². The van der Waals surface area contributed by atoms with Crippen molar-refractivity contribution in [2.75, 3.05) is 31.1 Å². The van der Waals surface area contributed by atoms with Gasteiger partial charge in [0.05, 0.1) is 10.2 Å². The van der Waals surface area contributed by atoms with E-state index in [0.29, 0.717) is 5.92 Å². The molecule has 1 aliphatic heterocycles. The molecule has 1 amide bonds. The van der Waals surface area contributed by atoms with Gasteiger partial charge in [-0.15, -0.1) is 0 Å². The van der Waals surface area contributed by atoms with Crippen molar-refractivity contribution in [3.05, 3.63) is 58.1 Å². The molecule has 2 heterocycles. The van der Waals surface area contributed by atoms with E-state index in [4.69, 9.17) is 4.98 Å². The number of piperazine rings is 1. The number of carbonyl (C=O) groups excluding carboxylic acids is 1. The van der Waals surface area contributed by atoms with Gasteiger partial charge in [-0.2, -0.15) is 0 Å². The average molecular weight is 444 g/mol. The lowest BCUT2D eigenvalue weighted by molar-refractivity contribution is 0.0746. The van der Waals surface area contributed by atoms with Gasteiger partial charge in [0.2, 0.25) is 0 Å². The Morgan fingerprint density at radius 2 is 1.85 bits per heavy atom. The van der Waals surface area contributed by atoms with E-state index in [2.05, 4.69) is 52.9 Å². The molecule has 0 unspecified atom stereocenters. The molecule has 0 saturated carbocycles. The summed E-state index contributed by atoms with van der Waals surface area (Å²) in [7, 11) is 0. The van der Waals surface area contributed by atoms with Crippen molar-refractivity contribution in [2.45, 2.75) is 19.8 Å². The van der Waals surface area contributed by atoms with E-state index in [1.807, 2.05) is 29.2 Å². The molecule has 140 valence electrons. The maximum absolute atomic E-state index is 12.7. The normalized spacial score (nSPS) is 15.0. The Morgan fingerprint density at radius 3 is 2.56 bits per heavy atom. The number of para-hydroxylation sites is 1. The van der Waals surface area contributed by atoms with Crippen LogP contribution in [0.1, 0.15) is 35.7 Å². The first-order valence-corrected chi connectivity index (χ1v) is 10.8. The molecule has 0 atom stereocenters. The van der Waals surface area contributed by atoms with Crippen molar-refractivity contribution >= 4 is 48.5 Å². The molecule has 0 bridgehead atoms. The third kappa shape index (κ3) is 3.73. The predicted molar refractivity (Wildman–Crippen MR) is 116 cm³/mol. The van der Waals surface area contributed by atoms with Crippen molar-refractivity contribution in [1.29, 1.82) is 0 Å². The Hall–Kier alpha value is -1.92. The fraction of sp³-hybridized carbons (Fsp3) is 0.333. The molecular weight excluding hydrogens is 422 g/mol. The molecule has 1 saturated heterocycles.